The molecule has 1 unspecified atom stereocenters. The molecule has 1 aliphatic rings. The number of hydrogen-bond acceptors (Lipinski definition) is 4. The molecule has 2 aromatic heterocycles. The average Bonchev–Trinajstić information content (AvgIpc) is 3.12. The van der Waals surface area contributed by atoms with E-state index in [1.54, 1.807) is 6.07 Å². The van der Waals surface area contributed by atoms with Crippen LogP contribution in [0.4, 0.5) is 10.2 Å². The molecule has 1 atom stereocenters. The Balaban J connectivity index is 1.61. The molecule has 26 heavy (non-hydrogen) atoms. The van der Waals surface area contributed by atoms with Gasteiger partial charge in [-0.15, -0.1) is 0 Å². The maximum Gasteiger partial charge on any atom is 0.152 e. The van der Waals surface area contributed by atoms with Gasteiger partial charge in [0.05, 0.1) is 22.8 Å². The van der Waals surface area contributed by atoms with Crippen molar-refractivity contribution < 1.29 is 8.60 Å². The minimum Gasteiger partial charge on any atom is -0.354 e. The first kappa shape index (κ1) is 16.9. The van der Waals surface area contributed by atoms with Crippen molar-refractivity contribution in [2.24, 2.45) is 0 Å². The molecule has 0 bridgehead atoms. The van der Waals surface area contributed by atoms with Crippen molar-refractivity contribution in [1.82, 2.24) is 19.3 Å². The van der Waals surface area contributed by atoms with E-state index >= 15 is 0 Å². The highest BCUT2D eigenvalue weighted by Crippen LogP contribution is 2.26. The summed E-state index contributed by atoms with van der Waals surface area (Å²) in [6.07, 6.45) is 1.23. The van der Waals surface area contributed by atoms with Crippen molar-refractivity contribution in [3.8, 4) is 11.4 Å². The van der Waals surface area contributed by atoms with Crippen molar-refractivity contribution in [2.45, 2.75) is 0 Å². The van der Waals surface area contributed by atoms with E-state index in [-0.39, 0.29) is 0 Å². The molecule has 6 nitrogen and oxygen atoms in total. The highest BCUT2D eigenvalue weighted by Gasteiger charge is 2.22. The lowest BCUT2D eigenvalue weighted by molar-refractivity contribution is 0.412. The zero-order chi connectivity index (χ0) is 18.1. The molecule has 1 N–H and O–H groups in total. The molecule has 1 fully saturated rings. The van der Waals surface area contributed by atoms with Gasteiger partial charge < -0.3 is 9.88 Å². The van der Waals surface area contributed by atoms with Gasteiger partial charge in [-0.25, -0.2) is 22.9 Å². The third kappa shape index (κ3) is 3.13. The molecular weight excluding hydrogens is 353 g/mol. The quantitative estimate of drug-likeness (QED) is 0.766. The van der Waals surface area contributed by atoms with E-state index in [0.29, 0.717) is 43.4 Å². The fourth-order valence-corrected chi connectivity index (χ4v) is 3.80. The van der Waals surface area contributed by atoms with Crippen LogP contribution in [0.1, 0.15) is 0 Å². The summed E-state index contributed by atoms with van der Waals surface area (Å²) in [5.41, 5.74) is 2.05. The van der Waals surface area contributed by atoms with Gasteiger partial charge in [-0.3, -0.25) is 0 Å². The van der Waals surface area contributed by atoms with Gasteiger partial charge >= 0.3 is 0 Å². The van der Waals surface area contributed by atoms with Gasteiger partial charge in [-0.05, 0) is 18.2 Å². The van der Waals surface area contributed by atoms with E-state index in [9.17, 15) is 8.60 Å². The lowest BCUT2D eigenvalue weighted by Crippen LogP contribution is -2.46. The van der Waals surface area contributed by atoms with Crippen LogP contribution in [0, 0.1) is 5.82 Å². The summed E-state index contributed by atoms with van der Waals surface area (Å²) in [6, 6.07) is 9.31. The van der Waals surface area contributed by atoms with Crippen LogP contribution in [0.3, 0.4) is 0 Å². The Bertz CT molecular complexity index is 948. The number of halogens is 1. The maximum atomic E-state index is 14.4. The number of imidazole rings is 1. The summed E-state index contributed by atoms with van der Waals surface area (Å²) in [5, 5.41) is 1.44. The molecule has 0 saturated carbocycles. The number of nitrogens with zero attached hydrogens (tertiary/aromatic N) is 4. The Morgan fingerprint density at radius 1 is 1.23 bits per heavy atom. The number of pyridine rings is 1. The summed E-state index contributed by atoms with van der Waals surface area (Å²) in [5.74, 6) is 0.754. The first-order valence-electron chi connectivity index (χ1n) is 8.29. The molecule has 1 aromatic carbocycles. The van der Waals surface area contributed by atoms with Crippen molar-refractivity contribution in [1.29, 1.82) is 0 Å². The molecule has 3 heterocycles. The standard InChI is InChI=1S/C18H18FN5OS/c1-2-26(25)24-9-7-23(8-10-24)17-11-13(14(19)12-20-17)18-21-15-5-3-4-6-16(15)22-18/h2-6,11-12H,1,7-10H2,(H,21,22). The van der Waals surface area contributed by atoms with E-state index < -0.39 is 16.8 Å². The molecule has 8 heteroatoms. The third-order valence-electron chi connectivity index (χ3n) is 4.45. The van der Waals surface area contributed by atoms with Gasteiger partial charge in [0.25, 0.3) is 0 Å². The largest absolute Gasteiger partial charge is 0.354 e. The lowest BCUT2D eigenvalue weighted by atomic mass is 10.2. The second-order valence-corrected chi connectivity index (χ2v) is 7.39. The van der Waals surface area contributed by atoms with E-state index in [4.69, 9.17) is 0 Å². The van der Waals surface area contributed by atoms with Gasteiger partial charge in [-0.2, -0.15) is 0 Å². The van der Waals surface area contributed by atoms with Crippen LogP contribution in [-0.4, -0.2) is 49.6 Å². The van der Waals surface area contributed by atoms with Crippen molar-refractivity contribution >= 4 is 27.8 Å². The molecule has 1 saturated heterocycles. The van der Waals surface area contributed by atoms with E-state index in [1.807, 2.05) is 28.6 Å². The van der Waals surface area contributed by atoms with E-state index in [1.165, 1.54) is 11.6 Å². The minimum atomic E-state index is -1.16. The van der Waals surface area contributed by atoms with Gasteiger partial charge in [0, 0.05) is 31.6 Å². The zero-order valence-electron chi connectivity index (χ0n) is 14.1. The number of H-pyrrole nitrogens is 1. The molecule has 1 aliphatic heterocycles. The number of rotatable bonds is 4. The van der Waals surface area contributed by atoms with Crippen molar-refractivity contribution in [3.63, 3.8) is 0 Å². The number of benzene rings is 1. The SMILES string of the molecule is C=CS(=O)N1CCN(c2cc(-c3nc4ccccc4[nH]3)c(F)cn2)CC1. The molecule has 134 valence electrons. The van der Waals surface area contributed by atoms with Crippen molar-refractivity contribution in [3.05, 3.63) is 54.3 Å². The van der Waals surface area contributed by atoms with Crippen LogP contribution < -0.4 is 4.90 Å². The maximum absolute atomic E-state index is 14.4. The molecule has 0 radical (unpaired) electrons. The van der Waals surface area contributed by atoms with Gasteiger partial charge in [0.15, 0.2) is 5.82 Å². The summed E-state index contributed by atoms with van der Waals surface area (Å²) >= 11 is 0. The third-order valence-corrected chi connectivity index (χ3v) is 5.60. The number of para-hydroxylation sites is 2. The highest BCUT2D eigenvalue weighted by molar-refractivity contribution is 7.85. The monoisotopic (exact) mass is 371 g/mol. The Morgan fingerprint density at radius 3 is 2.73 bits per heavy atom. The number of anilines is 1. The summed E-state index contributed by atoms with van der Waals surface area (Å²) < 4.78 is 28.0. The molecule has 0 amide bonds. The van der Waals surface area contributed by atoms with Gasteiger partial charge in [0.2, 0.25) is 0 Å². The lowest BCUT2D eigenvalue weighted by Gasteiger charge is -2.33. The van der Waals surface area contributed by atoms with Crippen LogP contribution >= 0.6 is 0 Å². The summed E-state index contributed by atoms with van der Waals surface area (Å²) in [4.78, 5) is 13.9. The fraction of sp³-hybridized carbons (Fsp3) is 0.222. The topological polar surface area (TPSA) is 65.1 Å². The van der Waals surface area contributed by atoms with Crippen LogP contribution in [0.25, 0.3) is 22.4 Å². The predicted octanol–water partition coefficient (Wildman–Crippen LogP) is 2.69. The fourth-order valence-electron chi connectivity index (χ4n) is 3.06. The molecular formula is C18H18FN5OS. The smallest absolute Gasteiger partial charge is 0.152 e. The van der Waals surface area contributed by atoms with Crippen LogP contribution in [0.2, 0.25) is 0 Å². The molecule has 0 spiro atoms. The Kier molecular flexibility index (Phi) is 4.52. The predicted molar refractivity (Wildman–Crippen MR) is 101 cm³/mol. The van der Waals surface area contributed by atoms with Crippen molar-refractivity contribution in [2.75, 3.05) is 31.1 Å². The molecule has 4 rings (SSSR count). The summed E-state index contributed by atoms with van der Waals surface area (Å²) in [7, 11) is -1.16. The average molecular weight is 371 g/mol. The first-order chi connectivity index (χ1) is 12.7. The molecule has 3 aromatic rings. The second kappa shape index (κ2) is 6.97. The Hall–Kier alpha value is -2.58. The Morgan fingerprint density at radius 2 is 2.00 bits per heavy atom. The number of aromatic nitrogens is 3. The number of aromatic amines is 1. The number of hydrogen-bond donors (Lipinski definition) is 1. The van der Waals surface area contributed by atoms with E-state index in [0.717, 1.165) is 11.0 Å². The number of nitrogens with one attached hydrogen (secondary N) is 1. The normalized spacial score (nSPS) is 16.7. The second-order valence-electron chi connectivity index (χ2n) is 5.98. The molecule has 0 aliphatic carbocycles. The first-order valence-corrected chi connectivity index (χ1v) is 9.46. The minimum absolute atomic E-state index is 0.392. The Labute approximate surface area is 153 Å². The zero-order valence-corrected chi connectivity index (χ0v) is 14.9. The number of piperazine rings is 1. The van der Waals surface area contributed by atoms with Gasteiger partial charge in [0.1, 0.15) is 22.6 Å². The van der Waals surface area contributed by atoms with E-state index in [2.05, 4.69) is 26.4 Å². The van der Waals surface area contributed by atoms with Crippen LogP contribution in [0.15, 0.2) is 48.5 Å². The number of fused-ring (bicyclic) bond motifs is 1. The highest BCUT2D eigenvalue weighted by atomic mass is 32.2. The van der Waals surface area contributed by atoms with Crippen LogP contribution in [0.5, 0.6) is 0 Å². The summed E-state index contributed by atoms with van der Waals surface area (Å²) in [6.45, 7) is 6.17. The van der Waals surface area contributed by atoms with Gasteiger partial charge in [-0.1, -0.05) is 18.7 Å². The van der Waals surface area contributed by atoms with Crippen LogP contribution in [-0.2, 0) is 11.0 Å².